The molecule has 0 spiro atoms. The maximum Gasteiger partial charge on any atom is 0.254 e. The Kier molecular flexibility index (Phi) is 9.10. The van der Waals surface area contributed by atoms with E-state index in [1.165, 1.54) is 40.4 Å². The van der Waals surface area contributed by atoms with E-state index in [2.05, 4.69) is 10.6 Å². The standard InChI is InChI=1S/C26H32FN3O6/c1-16(31)28-21(13-17-6-5-7-19(27)12-17)25(32)29-20-8-10-30(11-9-20)26(33)18-14-22(34-2)24(36-4)23(15-18)35-3/h5-7,12,14-15,20-21H,8-11,13H2,1-4H3,(H,28,31)(H,29,32)/t21-/m0/s1. The Morgan fingerprint density at radius 3 is 2.19 bits per heavy atom. The van der Waals surface area contributed by atoms with Crippen molar-refractivity contribution in [3.8, 4) is 17.2 Å². The molecule has 3 rings (SSSR count). The van der Waals surface area contributed by atoms with Crippen LogP contribution in [0.15, 0.2) is 36.4 Å². The van der Waals surface area contributed by atoms with Crippen LogP contribution in [-0.2, 0) is 16.0 Å². The van der Waals surface area contributed by atoms with Crippen LogP contribution in [0.1, 0.15) is 35.7 Å². The zero-order chi connectivity index (χ0) is 26.2. The van der Waals surface area contributed by atoms with Crippen molar-refractivity contribution in [2.75, 3.05) is 34.4 Å². The van der Waals surface area contributed by atoms with Crippen LogP contribution in [0.25, 0.3) is 0 Å². The van der Waals surface area contributed by atoms with E-state index in [0.717, 1.165) is 0 Å². The number of rotatable bonds is 9. The molecule has 0 saturated carbocycles. The number of halogens is 1. The van der Waals surface area contributed by atoms with Crippen LogP contribution < -0.4 is 24.8 Å². The molecule has 1 saturated heterocycles. The quantitative estimate of drug-likeness (QED) is 0.546. The van der Waals surface area contributed by atoms with Crippen molar-refractivity contribution in [3.63, 3.8) is 0 Å². The first-order valence-electron chi connectivity index (χ1n) is 11.7. The monoisotopic (exact) mass is 501 g/mol. The van der Waals surface area contributed by atoms with E-state index in [9.17, 15) is 18.8 Å². The Morgan fingerprint density at radius 1 is 1.03 bits per heavy atom. The van der Waals surface area contributed by atoms with Crippen LogP contribution in [0.3, 0.4) is 0 Å². The van der Waals surface area contributed by atoms with Gasteiger partial charge in [0, 0.05) is 38.0 Å². The molecule has 1 atom stereocenters. The van der Waals surface area contributed by atoms with Gasteiger partial charge in [0.15, 0.2) is 11.5 Å². The van der Waals surface area contributed by atoms with E-state index in [-0.39, 0.29) is 30.2 Å². The number of methoxy groups -OCH3 is 3. The van der Waals surface area contributed by atoms with Gasteiger partial charge in [-0.25, -0.2) is 4.39 Å². The summed E-state index contributed by atoms with van der Waals surface area (Å²) in [6, 6.07) is 8.17. The molecule has 0 radical (unpaired) electrons. The number of hydrogen-bond acceptors (Lipinski definition) is 6. The molecule has 3 amide bonds. The van der Waals surface area contributed by atoms with Gasteiger partial charge in [0.1, 0.15) is 11.9 Å². The summed E-state index contributed by atoms with van der Waals surface area (Å²) in [4.78, 5) is 39.4. The van der Waals surface area contributed by atoms with Crippen molar-refractivity contribution in [2.24, 2.45) is 0 Å². The number of piperidine rings is 1. The van der Waals surface area contributed by atoms with Gasteiger partial charge in [-0.1, -0.05) is 12.1 Å². The Labute approximate surface area is 209 Å². The predicted molar refractivity (Wildman–Crippen MR) is 131 cm³/mol. The number of carbonyl (C=O) groups is 3. The highest BCUT2D eigenvalue weighted by Crippen LogP contribution is 2.38. The highest BCUT2D eigenvalue weighted by Gasteiger charge is 2.28. The summed E-state index contributed by atoms with van der Waals surface area (Å²) in [5.74, 6) is -0.0830. The average molecular weight is 502 g/mol. The maximum atomic E-state index is 13.6. The number of carbonyl (C=O) groups excluding carboxylic acids is 3. The summed E-state index contributed by atoms with van der Waals surface area (Å²) >= 11 is 0. The van der Waals surface area contributed by atoms with Crippen LogP contribution in [0.4, 0.5) is 4.39 Å². The summed E-state index contributed by atoms with van der Waals surface area (Å²) in [5.41, 5.74) is 1.02. The Bertz CT molecular complexity index is 1080. The number of benzene rings is 2. The van der Waals surface area contributed by atoms with Crippen molar-refractivity contribution >= 4 is 17.7 Å². The summed E-state index contributed by atoms with van der Waals surface area (Å²) in [6.07, 6.45) is 1.27. The van der Waals surface area contributed by atoms with Gasteiger partial charge < -0.3 is 29.7 Å². The third-order valence-electron chi connectivity index (χ3n) is 6.06. The van der Waals surface area contributed by atoms with Gasteiger partial charge in [0.05, 0.1) is 21.3 Å². The first kappa shape index (κ1) is 26.8. The molecule has 1 aliphatic heterocycles. The van der Waals surface area contributed by atoms with Crippen LogP contribution in [0.5, 0.6) is 17.2 Å². The van der Waals surface area contributed by atoms with Crippen LogP contribution in [-0.4, -0.2) is 69.1 Å². The zero-order valence-corrected chi connectivity index (χ0v) is 20.9. The summed E-state index contributed by atoms with van der Waals surface area (Å²) in [6.45, 7) is 2.21. The van der Waals surface area contributed by atoms with Crippen molar-refractivity contribution in [3.05, 3.63) is 53.3 Å². The van der Waals surface area contributed by atoms with Gasteiger partial charge in [-0.15, -0.1) is 0 Å². The summed E-state index contributed by atoms with van der Waals surface area (Å²) in [5, 5.41) is 5.61. The van der Waals surface area contributed by atoms with E-state index in [1.54, 1.807) is 29.2 Å². The molecule has 0 bridgehead atoms. The van der Waals surface area contributed by atoms with Crippen LogP contribution in [0, 0.1) is 5.82 Å². The van der Waals surface area contributed by atoms with Gasteiger partial charge in [0.25, 0.3) is 5.91 Å². The lowest BCUT2D eigenvalue weighted by Gasteiger charge is -2.33. The first-order valence-corrected chi connectivity index (χ1v) is 11.7. The van der Waals surface area contributed by atoms with Crippen molar-refractivity contribution in [1.29, 1.82) is 0 Å². The summed E-state index contributed by atoms with van der Waals surface area (Å²) in [7, 11) is 4.47. The molecular weight excluding hydrogens is 469 g/mol. The number of nitrogens with one attached hydrogen (secondary N) is 2. The minimum atomic E-state index is -0.830. The molecule has 1 fully saturated rings. The average Bonchev–Trinajstić information content (AvgIpc) is 2.87. The van der Waals surface area contributed by atoms with Gasteiger partial charge in [-0.3, -0.25) is 14.4 Å². The van der Waals surface area contributed by atoms with Crippen molar-refractivity contribution < 1.29 is 33.0 Å². The predicted octanol–water partition coefficient (Wildman–Crippen LogP) is 2.32. The minimum Gasteiger partial charge on any atom is -0.493 e. The number of likely N-dealkylation sites (tertiary alicyclic amines) is 1. The molecule has 0 unspecified atom stereocenters. The Morgan fingerprint density at radius 2 is 1.67 bits per heavy atom. The molecule has 0 aliphatic carbocycles. The third-order valence-corrected chi connectivity index (χ3v) is 6.06. The van der Waals surface area contributed by atoms with E-state index in [0.29, 0.717) is 54.3 Å². The summed E-state index contributed by atoms with van der Waals surface area (Å²) < 4.78 is 29.6. The van der Waals surface area contributed by atoms with E-state index in [4.69, 9.17) is 14.2 Å². The molecule has 9 nitrogen and oxygen atoms in total. The fourth-order valence-corrected chi connectivity index (χ4v) is 4.27. The third kappa shape index (κ3) is 6.65. The van der Waals surface area contributed by atoms with Gasteiger partial charge in [-0.05, 0) is 42.7 Å². The zero-order valence-electron chi connectivity index (χ0n) is 20.9. The highest BCUT2D eigenvalue weighted by molar-refractivity contribution is 5.95. The largest absolute Gasteiger partial charge is 0.493 e. The molecule has 36 heavy (non-hydrogen) atoms. The molecule has 1 heterocycles. The van der Waals surface area contributed by atoms with Crippen molar-refractivity contribution in [1.82, 2.24) is 15.5 Å². The second-order valence-electron chi connectivity index (χ2n) is 8.58. The normalized spacial score (nSPS) is 14.5. The van der Waals surface area contributed by atoms with Crippen LogP contribution in [0.2, 0.25) is 0 Å². The molecule has 2 aromatic rings. The molecule has 2 aromatic carbocycles. The van der Waals surface area contributed by atoms with Gasteiger partial charge >= 0.3 is 0 Å². The fourth-order valence-electron chi connectivity index (χ4n) is 4.27. The highest BCUT2D eigenvalue weighted by atomic mass is 19.1. The van der Waals surface area contributed by atoms with E-state index < -0.39 is 11.9 Å². The number of nitrogens with zero attached hydrogens (tertiary/aromatic N) is 1. The van der Waals surface area contributed by atoms with Crippen molar-refractivity contribution in [2.45, 2.75) is 38.3 Å². The SMILES string of the molecule is COc1cc(C(=O)N2CCC(NC(=O)[C@H](Cc3cccc(F)c3)NC(C)=O)CC2)cc(OC)c1OC. The number of ether oxygens (including phenoxy) is 3. The second-order valence-corrected chi connectivity index (χ2v) is 8.58. The number of amides is 3. The van der Waals surface area contributed by atoms with E-state index in [1.807, 2.05) is 0 Å². The number of hydrogen-bond donors (Lipinski definition) is 2. The molecule has 0 aromatic heterocycles. The minimum absolute atomic E-state index is 0.162. The Hall–Kier alpha value is -3.82. The van der Waals surface area contributed by atoms with E-state index >= 15 is 0 Å². The molecule has 1 aliphatic rings. The fraction of sp³-hybridized carbons (Fsp3) is 0.423. The molecule has 10 heteroatoms. The van der Waals surface area contributed by atoms with Gasteiger partial charge in [0.2, 0.25) is 17.6 Å². The molecular formula is C26H32FN3O6. The Balaban J connectivity index is 1.62. The lowest BCUT2D eigenvalue weighted by Crippen LogP contribution is -2.53. The molecule has 2 N–H and O–H groups in total. The smallest absolute Gasteiger partial charge is 0.254 e. The molecule has 194 valence electrons. The van der Waals surface area contributed by atoms with Gasteiger partial charge in [-0.2, -0.15) is 0 Å². The second kappa shape index (κ2) is 12.2. The van der Waals surface area contributed by atoms with Crippen LogP contribution >= 0.6 is 0 Å². The topological polar surface area (TPSA) is 106 Å². The lowest BCUT2D eigenvalue weighted by atomic mass is 10.0. The lowest BCUT2D eigenvalue weighted by molar-refractivity contribution is -0.128. The maximum absolute atomic E-state index is 13.6. The first-order chi connectivity index (χ1) is 17.2.